The summed E-state index contributed by atoms with van der Waals surface area (Å²) in [7, 11) is -7.30. The Kier molecular flexibility index (Phi) is 15.7. The van der Waals surface area contributed by atoms with E-state index in [1.807, 2.05) is 25.1 Å². The van der Waals surface area contributed by atoms with Crippen LogP contribution in [0.4, 0.5) is 17.1 Å². The standard InChI is InChI=1S/C51H64ClN9O8S2/c1-34(2)49(62)56-70(66)26-24-58(25-27-70)19-16-35(3)55-45-13-11-42(30-46(45)61(64)65)71(67,68)57-50(63)43-12-10-40(29-47(43)69-41-28-37-15-18-53-48(37)54-32-41)60-22-20-59(21-23-60)33-38-14-17-51(4,5)31-44(38)36-6-8-39(52)9-7-36/h6-13,15,18,28-30,32,34-35,55,70H,14,16-17,19-27,31,33H2,1-5H3,(H,53,54)(H,57,63)(H,56,62,66)/t35-/m0/s1. The zero-order valence-electron chi connectivity index (χ0n) is 40.9. The molecule has 3 aromatic carbocycles. The van der Waals surface area contributed by atoms with Crippen LogP contribution in [0.15, 0.2) is 100 Å². The number of aromatic amines is 1. The van der Waals surface area contributed by atoms with Gasteiger partial charge in [-0.15, -0.1) is 0 Å². The summed E-state index contributed by atoms with van der Waals surface area (Å²) in [5, 5.41) is 17.0. The number of piperazine rings is 1. The fourth-order valence-electron chi connectivity index (χ4n) is 9.33. The number of H-pyrrole nitrogens is 1. The number of thiol groups is 1. The van der Waals surface area contributed by atoms with Gasteiger partial charge < -0.3 is 29.4 Å². The van der Waals surface area contributed by atoms with Crippen LogP contribution in [0.1, 0.15) is 76.2 Å². The van der Waals surface area contributed by atoms with Crippen molar-refractivity contribution in [1.29, 1.82) is 0 Å². The number of aromatic nitrogens is 2. The van der Waals surface area contributed by atoms with Crippen LogP contribution in [0.3, 0.4) is 0 Å². The number of hydrogen-bond donors (Lipinski definition) is 5. The molecule has 0 spiro atoms. The number of fused-ring (bicyclic) bond motifs is 1. The van der Waals surface area contributed by atoms with E-state index in [0.717, 1.165) is 61.1 Å². The quantitative estimate of drug-likeness (QED) is 0.0355. The van der Waals surface area contributed by atoms with Crippen LogP contribution in [0.25, 0.3) is 16.6 Å². The van der Waals surface area contributed by atoms with Crippen molar-refractivity contribution >= 4 is 77.2 Å². The number of ether oxygens (including phenoxy) is 1. The van der Waals surface area contributed by atoms with E-state index in [0.29, 0.717) is 62.0 Å². The highest BCUT2D eigenvalue weighted by atomic mass is 35.5. The van der Waals surface area contributed by atoms with Gasteiger partial charge in [-0.05, 0) is 97.7 Å². The van der Waals surface area contributed by atoms with Crippen LogP contribution in [-0.2, 0) is 24.9 Å². The highest BCUT2D eigenvalue weighted by molar-refractivity contribution is 8.00. The lowest BCUT2D eigenvalue weighted by atomic mass is 9.72. The van der Waals surface area contributed by atoms with E-state index in [1.54, 1.807) is 38.2 Å². The van der Waals surface area contributed by atoms with Gasteiger partial charge in [0.05, 0.1) is 21.6 Å². The molecule has 2 fully saturated rings. The van der Waals surface area contributed by atoms with E-state index in [-0.39, 0.29) is 40.3 Å². The highest BCUT2D eigenvalue weighted by Crippen LogP contribution is 2.43. The maximum Gasteiger partial charge on any atom is 0.293 e. The van der Waals surface area contributed by atoms with Crippen molar-refractivity contribution in [2.75, 3.05) is 74.1 Å². The molecule has 2 aliphatic heterocycles. The Morgan fingerprint density at radius 3 is 2.42 bits per heavy atom. The summed E-state index contributed by atoms with van der Waals surface area (Å²) in [6.07, 6.45) is 7.01. The van der Waals surface area contributed by atoms with Crippen molar-refractivity contribution < 1.29 is 32.2 Å². The molecule has 0 unspecified atom stereocenters. The van der Waals surface area contributed by atoms with Crippen molar-refractivity contribution in [1.82, 2.24) is 24.5 Å². The Bertz CT molecular complexity index is 2990. The van der Waals surface area contributed by atoms with Gasteiger partial charge in [0.25, 0.3) is 27.5 Å². The van der Waals surface area contributed by atoms with E-state index in [9.17, 15) is 32.7 Å². The maximum atomic E-state index is 14.1. The van der Waals surface area contributed by atoms with Gasteiger partial charge >= 0.3 is 0 Å². The minimum Gasteiger partial charge on any atom is -0.455 e. The predicted octanol–water partition coefficient (Wildman–Crippen LogP) is 9.05. The van der Waals surface area contributed by atoms with Gasteiger partial charge in [0.15, 0.2) is 0 Å². The third kappa shape index (κ3) is 12.9. The summed E-state index contributed by atoms with van der Waals surface area (Å²) in [5.74, 6) is -0.240. The van der Waals surface area contributed by atoms with Crippen molar-refractivity contribution in [3.05, 3.63) is 117 Å². The summed E-state index contributed by atoms with van der Waals surface area (Å²) in [5.41, 5.74) is 5.31. The van der Waals surface area contributed by atoms with Crippen molar-refractivity contribution in [2.45, 2.75) is 71.2 Å². The van der Waals surface area contributed by atoms with Crippen molar-refractivity contribution in [3.8, 4) is 11.5 Å². The number of halogens is 1. The Hall–Kier alpha value is -5.70. The molecule has 1 atom stereocenters. The SMILES string of the molecule is CC(C)C(=O)N=[SH]1(O)CCN(CC[C@H](C)Nc2ccc(S(=O)(=O)NC(=O)c3ccc(N4CCN(CC5=C(c6ccc(Cl)cc6)CC(C)(C)CC5)CC4)cc3Oc3cnc4[nH]ccc4c3)cc2[N+](=O)[O-])CC1. The lowest BCUT2D eigenvalue weighted by Gasteiger charge is -2.39. The first-order chi connectivity index (χ1) is 33.7. The van der Waals surface area contributed by atoms with Crippen LogP contribution in [0.5, 0.6) is 11.5 Å². The molecule has 380 valence electrons. The molecule has 0 radical (unpaired) electrons. The van der Waals surface area contributed by atoms with E-state index >= 15 is 0 Å². The molecular formula is C51H64ClN9O8S2. The molecule has 2 saturated heterocycles. The van der Waals surface area contributed by atoms with Gasteiger partial charge in [0.1, 0.15) is 22.8 Å². The number of nitro benzene ring substituents is 1. The van der Waals surface area contributed by atoms with Crippen molar-refractivity contribution in [3.63, 3.8) is 0 Å². The molecule has 17 nitrogen and oxygen atoms in total. The molecule has 71 heavy (non-hydrogen) atoms. The van der Waals surface area contributed by atoms with E-state index in [2.05, 4.69) is 65.0 Å². The van der Waals surface area contributed by atoms with Gasteiger partial charge in [-0.3, -0.25) is 24.6 Å². The maximum absolute atomic E-state index is 14.1. The van der Waals surface area contributed by atoms with Crippen LogP contribution < -0.4 is 19.7 Å². The third-order valence-electron chi connectivity index (χ3n) is 13.7. The fourth-order valence-corrected chi connectivity index (χ4v) is 12.7. The predicted molar refractivity (Wildman–Crippen MR) is 283 cm³/mol. The number of nitro groups is 1. The summed E-state index contributed by atoms with van der Waals surface area (Å²) >= 11 is 6.25. The molecule has 8 rings (SSSR count). The highest BCUT2D eigenvalue weighted by Gasteiger charge is 2.31. The molecule has 20 heteroatoms. The second-order valence-corrected chi connectivity index (χ2v) is 25.0. The molecule has 2 aromatic heterocycles. The molecule has 5 aromatic rings. The van der Waals surface area contributed by atoms with Gasteiger partial charge in [-0.25, -0.2) is 18.1 Å². The monoisotopic (exact) mass is 1030 g/mol. The van der Waals surface area contributed by atoms with E-state index in [4.69, 9.17) is 16.3 Å². The Morgan fingerprint density at radius 1 is 0.986 bits per heavy atom. The van der Waals surface area contributed by atoms with Crippen LogP contribution in [0.2, 0.25) is 5.02 Å². The summed E-state index contributed by atoms with van der Waals surface area (Å²) in [6, 6.07) is 20.0. The number of nitrogens with zero attached hydrogens (tertiary/aromatic N) is 6. The molecule has 0 saturated carbocycles. The number of amides is 2. The number of anilines is 2. The average molecular weight is 1030 g/mol. The zero-order chi connectivity index (χ0) is 50.7. The number of carbonyl (C=O) groups excluding carboxylic acids is 2. The fraction of sp³-hybridized carbons (Fsp3) is 0.431. The topological polar surface area (TPSA) is 216 Å². The molecule has 4 N–H and O–H groups in total. The first kappa shape index (κ1) is 51.6. The lowest BCUT2D eigenvalue weighted by Crippen LogP contribution is -2.47. The third-order valence-corrected chi connectivity index (χ3v) is 17.6. The molecular weight excluding hydrogens is 966 g/mol. The van der Waals surface area contributed by atoms with E-state index < -0.39 is 41.5 Å². The average Bonchev–Trinajstić information content (AvgIpc) is 3.80. The number of hydrogen-bond acceptors (Lipinski definition) is 12. The molecule has 1 aliphatic carbocycles. The Balaban J connectivity index is 0.948. The summed E-state index contributed by atoms with van der Waals surface area (Å²) in [4.78, 5) is 51.8. The normalized spacial score (nSPS) is 18.5. The minimum atomic E-state index is -4.63. The minimum absolute atomic E-state index is 0.0627. The second-order valence-electron chi connectivity index (χ2n) is 20.0. The number of pyridine rings is 1. The molecule has 3 aliphatic rings. The second kappa shape index (κ2) is 21.6. The number of benzene rings is 3. The van der Waals surface area contributed by atoms with Gasteiger partial charge in [0.2, 0.25) is 0 Å². The Labute approximate surface area is 421 Å². The number of allylic oxidation sites excluding steroid dienone is 1. The first-order valence-corrected chi connectivity index (χ1v) is 28.1. The summed E-state index contributed by atoms with van der Waals surface area (Å²) in [6.45, 7) is 15.7. The van der Waals surface area contributed by atoms with Crippen molar-refractivity contribution in [2.24, 2.45) is 15.7 Å². The van der Waals surface area contributed by atoms with Gasteiger partial charge in [0, 0.05) is 110 Å². The smallest absolute Gasteiger partial charge is 0.293 e. The van der Waals surface area contributed by atoms with Crippen LogP contribution >= 0.6 is 11.6 Å². The van der Waals surface area contributed by atoms with Crippen LogP contribution in [0, 0.1) is 21.4 Å². The van der Waals surface area contributed by atoms with E-state index in [1.165, 1.54) is 41.1 Å². The zero-order valence-corrected chi connectivity index (χ0v) is 43.3. The first-order valence-electron chi connectivity index (χ1n) is 24.1. The molecule has 2 amide bonds. The number of carbonyl (C=O) groups is 2. The molecule has 0 bridgehead atoms. The Morgan fingerprint density at radius 2 is 1.72 bits per heavy atom. The summed E-state index contributed by atoms with van der Waals surface area (Å²) < 4.78 is 51.3. The van der Waals surface area contributed by atoms with Gasteiger partial charge in [-0.1, -0.05) is 67.1 Å². The van der Waals surface area contributed by atoms with Crippen LogP contribution in [-0.4, -0.2) is 119 Å². The van der Waals surface area contributed by atoms with Gasteiger partial charge in [-0.2, -0.15) is 4.36 Å². The number of sulfonamides is 1. The molecule has 4 heterocycles. The lowest BCUT2D eigenvalue weighted by molar-refractivity contribution is -0.384. The largest absolute Gasteiger partial charge is 0.455 e. The number of nitrogens with one attached hydrogen (secondary N) is 3. The number of rotatable bonds is 16.